The number of alkyl halides is 3. The van der Waals surface area contributed by atoms with Crippen molar-refractivity contribution >= 4 is 28.6 Å². The van der Waals surface area contributed by atoms with Crippen molar-refractivity contribution in [1.29, 1.82) is 0 Å². The summed E-state index contributed by atoms with van der Waals surface area (Å²) in [5.74, 6) is -0.831. The summed E-state index contributed by atoms with van der Waals surface area (Å²) >= 11 is 1.55. The molecule has 5 nitrogen and oxygen atoms in total. The molecule has 94 valence electrons. The van der Waals surface area contributed by atoms with Crippen molar-refractivity contribution in [2.75, 3.05) is 6.61 Å². The molecule has 0 aromatic carbocycles. The number of aromatic nitrogens is 3. The summed E-state index contributed by atoms with van der Waals surface area (Å²) in [6.45, 7) is 1.99. The van der Waals surface area contributed by atoms with Gasteiger partial charge in [-0.05, 0) is 22.6 Å². The van der Waals surface area contributed by atoms with Gasteiger partial charge < -0.3 is 4.74 Å². The maximum atomic E-state index is 12.1. The van der Waals surface area contributed by atoms with Crippen LogP contribution in [0.15, 0.2) is 12.7 Å². The quantitative estimate of drug-likeness (QED) is 0.466. The summed E-state index contributed by atoms with van der Waals surface area (Å²) in [6.07, 6.45) is -3.08. The van der Waals surface area contributed by atoms with Gasteiger partial charge in [0.25, 0.3) is 0 Å². The minimum absolute atomic E-state index is 0.0195. The van der Waals surface area contributed by atoms with E-state index in [2.05, 4.69) is 21.6 Å². The van der Waals surface area contributed by atoms with Crippen LogP contribution in [0.1, 0.15) is 10.5 Å². The van der Waals surface area contributed by atoms with Gasteiger partial charge in [-0.1, -0.05) is 17.9 Å². The van der Waals surface area contributed by atoms with Gasteiger partial charge in [0, 0.05) is 0 Å². The Morgan fingerprint density at radius 3 is 2.76 bits per heavy atom. The third kappa shape index (κ3) is 3.98. The van der Waals surface area contributed by atoms with Crippen LogP contribution < -0.4 is 0 Å². The maximum absolute atomic E-state index is 12.1. The Labute approximate surface area is 108 Å². The molecule has 0 unspecified atom stereocenters. The first-order chi connectivity index (χ1) is 7.85. The van der Waals surface area contributed by atoms with Gasteiger partial charge in [-0.3, -0.25) is 0 Å². The van der Waals surface area contributed by atoms with E-state index >= 15 is 0 Å². The molecule has 0 spiro atoms. The Morgan fingerprint density at radius 1 is 1.59 bits per heavy atom. The molecule has 0 atom stereocenters. The van der Waals surface area contributed by atoms with Gasteiger partial charge >= 0.3 is 12.1 Å². The zero-order valence-electron chi connectivity index (χ0n) is 8.37. The van der Waals surface area contributed by atoms with E-state index in [-0.39, 0.29) is 16.0 Å². The van der Waals surface area contributed by atoms with Crippen molar-refractivity contribution in [3.05, 3.63) is 22.0 Å². The fourth-order valence-corrected chi connectivity index (χ4v) is 1.50. The molecule has 9 heteroatoms. The van der Waals surface area contributed by atoms with Crippen molar-refractivity contribution in [3.8, 4) is 0 Å². The van der Waals surface area contributed by atoms with E-state index in [1.165, 1.54) is 6.08 Å². The Balaban J connectivity index is 2.83. The summed E-state index contributed by atoms with van der Waals surface area (Å²) in [4.78, 5) is 11.3. The largest absolute Gasteiger partial charge is 0.457 e. The van der Waals surface area contributed by atoms with Crippen LogP contribution in [0.4, 0.5) is 13.2 Å². The van der Waals surface area contributed by atoms with Crippen LogP contribution >= 0.6 is 22.6 Å². The van der Waals surface area contributed by atoms with Crippen molar-refractivity contribution in [1.82, 2.24) is 15.0 Å². The predicted octanol–water partition coefficient (Wildman–Crippen LogP) is 1.79. The standard InChI is InChI=1S/C8H7F3IN3O2/c1-2-3-17-7(16)5-6(12)15(14-13-5)4-8(9,10)11/h2H,1,3-4H2. The Bertz CT molecular complexity index is 430. The molecule has 17 heavy (non-hydrogen) atoms. The van der Waals surface area contributed by atoms with Crippen molar-refractivity contribution in [2.24, 2.45) is 0 Å². The SMILES string of the molecule is C=CCOC(=O)c1nnn(CC(F)(F)F)c1I. The van der Waals surface area contributed by atoms with E-state index in [4.69, 9.17) is 0 Å². The lowest BCUT2D eigenvalue weighted by atomic mass is 10.5. The van der Waals surface area contributed by atoms with E-state index in [0.717, 1.165) is 0 Å². The van der Waals surface area contributed by atoms with Crippen LogP contribution in [0, 0.1) is 3.70 Å². The van der Waals surface area contributed by atoms with Gasteiger partial charge in [-0.25, -0.2) is 9.48 Å². The van der Waals surface area contributed by atoms with E-state index < -0.39 is 18.7 Å². The summed E-state index contributed by atoms with van der Waals surface area (Å²) in [6, 6.07) is 0. The molecule has 0 aliphatic carbocycles. The van der Waals surface area contributed by atoms with Gasteiger partial charge in [0.15, 0.2) is 0 Å². The minimum atomic E-state index is -4.42. The second-order valence-corrected chi connectivity index (χ2v) is 3.91. The summed E-state index contributed by atoms with van der Waals surface area (Å²) in [5, 5.41) is 6.59. The molecule has 0 saturated carbocycles. The first-order valence-corrected chi connectivity index (χ1v) is 5.37. The zero-order valence-corrected chi connectivity index (χ0v) is 10.5. The molecular formula is C8H7F3IN3O2. The van der Waals surface area contributed by atoms with Crippen LogP contribution in [0.5, 0.6) is 0 Å². The molecule has 0 N–H and O–H groups in total. The highest BCUT2D eigenvalue weighted by Crippen LogP contribution is 2.19. The maximum Gasteiger partial charge on any atom is 0.408 e. The number of hydrogen-bond acceptors (Lipinski definition) is 4. The molecule has 0 bridgehead atoms. The second-order valence-electron chi connectivity index (χ2n) is 2.89. The number of carbonyl (C=O) groups excluding carboxylic acids is 1. The number of carbonyl (C=O) groups is 1. The molecule has 1 aromatic rings. The number of rotatable bonds is 4. The van der Waals surface area contributed by atoms with E-state index in [1.807, 2.05) is 0 Å². The van der Waals surface area contributed by atoms with E-state index in [0.29, 0.717) is 4.68 Å². The summed E-state index contributed by atoms with van der Waals surface area (Å²) in [7, 11) is 0. The lowest BCUT2D eigenvalue weighted by molar-refractivity contribution is -0.143. The van der Waals surface area contributed by atoms with Crippen LogP contribution in [-0.2, 0) is 11.3 Å². The molecule has 0 fully saturated rings. The Kier molecular flexibility index (Phi) is 4.48. The summed E-state index contributed by atoms with van der Waals surface area (Å²) in [5.41, 5.74) is -0.239. The fraction of sp³-hybridized carbons (Fsp3) is 0.375. The molecule has 1 heterocycles. The predicted molar refractivity (Wildman–Crippen MR) is 59.3 cm³/mol. The second kappa shape index (κ2) is 5.47. The molecule has 1 aromatic heterocycles. The lowest BCUT2D eigenvalue weighted by Gasteiger charge is -2.06. The van der Waals surface area contributed by atoms with Crippen molar-refractivity contribution < 1.29 is 22.7 Å². The average Bonchev–Trinajstić information content (AvgIpc) is 2.55. The third-order valence-electron chi connectivity index (χ3n) is 1.53. The topological polar surface area (TPSA) is 57.0 Å². The molecular weight excluding hydrogens is 354 g/mol. The molecule has 0 aliphatic heterocycles. The molecule has 0 amide bonds. The highest BCUT2D eigenvalue weighted by molar-refractivity contribution is 14.1. The smallest absolute Gasteiger partial charge is 0.408 e. The van der Waals surface area contributed by atoms with E-state index in [1.54, 1.807) is 22.6 Å². The van der Waals surface area contributed by atoms with E-state index in [9.17, 15) is 18.0 Å². The van der Waals surface area contributed by atoms with Crippen LogP contribution in [0.25, 0.3) is 0 Å². The van der Waals surface area contributed by atoms with Crippen LogP contribution in [0.2, 0.25) is 0 Å². The minimum Gasteiger partial charge on any atom is -0.457 e. The summed E-state index contributed by atoms with van der Waals surface area (Å²) < 4.78 is 41.6. The molecule has 0 aliphatic rings. The molecule has 0 saturated heterocycles. The van der Waals surface area contributed by atoms with Crippen molar-refractivity contribution in [2.45, 2.75) is 12.7 Å². The monoisotopic (exact) mass is 361 g/mol. The first kappa shape index (κ1) is 13.9. The number of halogens is 4. The zero-order chi connectivity index (χ0) is 13.1. The van der Waals surface area contributed by atoms with Crippen molar-refractivity contribution in [3.63, 3.8) is 0 Å². The number of esters is 1. The molecule has 1 rings (SSSR count). The third-order valence-corrected chi connectivity index (χ3v) is 2.60. The average molecular weight is 361 g/mol. The number of hydrogen-bond donors (Lipinski definition) is 0. The van der Waals surface area contributed by atoms with Crippen LogP contribution in [0.3, 0.4) is 0 Å². The Morgan fingerprint density at radius 2 is 2.24 bits per heavy atom. The first-order valence-electron chi connectivity index (χ1n) is 4.29. The van der Waals surface area contributed by atoms with Gasteiger partial charge in [-0.15, -0.1) is 5.10 Å². The fourth-order valence-electron chi connectivity index (χ4n) is 0.900. The highest BCUT2D eigenvalue weighted by atomic mass is 127. The normalized spacial score (nSPS) is 11.3. The molecule has 0 radical (unpaired) electrons. The number of ether oxygens (including phenoxy) is 1. The Hall–Kier alpha value is -1.13. The van der Waals surface area contributed by atoms with Gasteiger partial charge in [-0.2, -0.15) is 13.2 Å². The van der Waals surface area contributed by atoms with Crippen LogP contribution in [-0.4, -0.2) is 33.7 Å². The van der Waals surface area contributed by atoms with Gasteiger partial charge in [0.2, 0.25) is 5.69 Å². The van der Waals surface area contributed by atoms with Gasteiger partial charge in [0.05, 0.1) is 0 Å². The highest BCUT2D eigenvalue weighted by Gasteiger charge is 2.31. The van der Waals surface area contributed by atoms with Gasteiger partial charge in [0.1, 0.15) is 16.9 Å². The lowest BCUT2D eigenvalue weighted by Crippen LogP contribution is -2.20. The number of nitrogens with zero attached hydrogens (tertiary/aromatic N) is 3.